The maximum atomic E-state index is 4.75. The molecule has 5 rings (SSSR count). The number of piperazine rings is 1. The van der Waals surface area contributed by atoms with Gasteiger partial charge in [0.2, 0.25) is 0 Å². The quantitative estimate of drug-likeness (QED) is 0.797. The summed E-state index contributed by atoms with van der Waals surface area (Å²) in [4.78, 5) is 21.8. The Labute approximate surface area is 174 Å². The second-order valence-electron chi connectivity index (χ2n) is 8.78. The molecule has 2 fully saturated rings. The fourth-order valence-corrected chi connectivity index (χ4v) is 4.95. The topological polar surface area (TPSA) is 48.4 Å². The maximum absolute atomic E-state index is 4.75. The monoisotopic (exact) mass is 392 g/mol. The number of aromatic nitrogens is 3. The van der Waals surface area contributed by atoms with Crippen molar-refractivity contribution in [2.75, 3.05) is 44.2 Å². The van der Waals surface area contributed by atoms with Crippen LogP contribution in [0.3, 0.4) is 0 Å². The molecule has 0 bridgehead atoms. The molecule has 0 atom stereocenters. The van der Waals surface area contributed by atoms with E-state index in [9.17, 15) is 0 Å². The SMILES string of the molecule is Cc1cccc(CN2CCc3ncnc(N4CCN(C5CCC5)CC4)c3CC2)n1. The van der Waals surface area contributed by atoms with Crippen LogP contribution in [0.15, 0.2) is 24.5 Å². The molecule has 0 radical (unpaired) electrons. The molecular weight excluding hydrogens is 360 g/mol. The van der Waals surface area contributed by atoms with Gasteiger partial charge in [0, 0.05) is 69.5 Å². The summed E-state index contributed by atoms with van der Waals surface area (Å²) in [5, 5.41) is 0. The van der Waals surface area contributed by atoms with Gasteiger partial charge in [-0.3, -0.25) is 14.8 Å². The van der Waals surface area contributed by atoms with Crippen molar-refractivity contribution in [3.05, 3.63) is 47.2 Å². The zero-order valence-corrected chi connectivity index (χ0v) is 17.6. The molecular formula is C23H32N6. The number of hydrogen-bond donors (Lipinski definition) is 0. The molecule has 0 aromatic carbocycles. The third kappa shape index (κ3) is 4.14. The van der Waals surface area contributed by atoms with E-state index in [4.69, 9.17) is 4.98 Å². The van der Waals surface area contributed by atoms with Gasteiger partial charge >= 0.3 is 0 Å². The summed E-state index contributed by atoms with van der Waals surface area (Å²) < 4.78 is 0. The van der Waals surface area contributed by atoms with Gasteiger partial charge in [-0.25, -0.2) is 9.97 Å². The molecule has 6 heteroatoms. The van der Waals surface area contributed by atoms with Gasteiger partial charge in [0.1, 0.15) is 12.1 Å². The zero-order valence-electron chi connectivity index (χ0n) is 17.6. The maximum Gasteiger partial charge on any atom is 0.135 e. The minimum atomic E-state index is 0.850. The predicted molar refractivity (Wildman–Crippen MR) is 115 cm³/mol. The van der Waals surface area contributed by atoms with E-state index in [0.717, 1.165) is 63.0 Å². The Balaban J connectivity index is 1.26. The van der Waals surface area contributed by atoms with Gasteiger partial charge in [0.15, 0.2) is 0 Å². The molecule has 2 aromatic heterocycles. The van der Waals surface area contributed by atoms with Crippen molar-refractivity contribution in [2.45, 2.75) is 51.6 Å². The first kappa shape index (κ1) is 18.9. The van der Waals surface area contributed by atoms with Crippen LogP contribution in [-0.2, 0) is 19.4 Å². The van der Waals surface area contributed by atoms with Gasteiger partial charge in [-0.2, -0.15) is 0 Å². The molecule has 0 unspecified atom stereocenters. The van der Waals surface area contributed by atoms with Gasteiger partial charge < -0.3 is 4.90 Å². The Morgan fingerprint density at radius 1 is 0.966 bits per heavy atom. The molecule has 1 saturated carbocycles. The highest BCUT2D eigenvalue weighted by atomic mass is 15.3. The van der Waals surface area contributed by atoms with Gasteiger partial charge in [0.25, 0.3) is 0 Å². The highest BCUT2D eigenvalue weighted by Gasteiger charge is 2.29. The number of nitrogens with zero attached hydrogens (tertiary/aromatic N) is 6. The average Bonchev–Trinajstić information content (AvgIpc) is 2.90. The third-order valence-electron chi connectivity index (χ3n) is 6.89. The van der Waals surface area contributed by atoms with Crippen LogP contribution < -0.4 is 4.90 Å². The van der Waals surface area contributed by atoms with Gasteiger partial charge in [-0.1, -0.05) is 12.5 Å². The first-order valence-corrected chi connectivity index (χ1v) is 11.2. The van der Waals surface area contributed by atoms with E-state index in [1.165, 1.54) is 49.4 Å². The molecule has 2 aromatic rings. The Bertz CT molecular complexity index is 841. The van der Waals surface area contributed by atoms with E-state index in [-0.39, 0.29) is 0 Å². The zero-order chi connectivity index (χ0) is 19.6. The molecule has 6 nitrogen and oxygen atoms in total. The Morgan fingerprint density at radius 3 is 2.55 bits per heavy atom. The van der Waals surface area contributed by atoms with Crippen molar-refractivity contribution in [1.82, 2.24) is 24.8 Å². The van der Waals surface area contributed by atoms with Crippen LogP contribution in [0.4, 0.5) is 5.82 Å². The van der Waals surface area contributed by atoms with E-state index in [1.54, 1.807) is 6.33 Å². The van der Waals surface area contributed by atoms with Gasteiger partial charge in [-0.15, -0.1) is 0 Å². The van der Waals surface area contributed by atoms with Crippen molar-refractivity contribution in [3.8, 4) is 0 Å². The Kier molecular flexibility index (Phi) is 5.46. The summed E-state index contributed by atoms with van der Waals surface area (Å²) in [5.41, 5.74) is 4.88. The molecule has 1 aliphatic carbocycles. The van der Waals surface area contributed by atoms with Crippen LogP contribution in [-0.4, -0.2) is 70.1 Å². The molecule has 0 N–H and O–H groups in total. The molecule has 29 heavy (non-hydrogen) atoms. The van der Waals surface area contributed by atoms with Crippen molar-refractivity contribution in [3.63, 3.8) is 0 Å². The molecule has 3 aliphatic rings. The molecule has 1 saturated heterocycles. The summed E-state index contributed by atoms with van der Waals surface area (Å²) in [6.45, 7) is 9.60. The summed E-state index contributed by atoms with van der Waals surface area (Å²) >= 11 is 0. The Morgan fingerprint density at radius 2 is 1.79 bits per heavy atom. The lowest BCUT2D eigenvalue weighted by Crippen LogP contribution is -2.52. The van der Waals surface area contributed by atoms with Crippen molar-refractivity contribution < 1.29 is 0 Å². The molecule has 4 heterocycles. The van der Waals surface area contributed by atoms with Gasteiger partial charge in [-0.05, 0) is 38.3 Å². The van der Waals surface area contributed by atoms with Crippen molar-refractivity contribution in [1.29, 1.82) is 0 Å². The first-order chi connectivity index (χ1) is 14.3. The predicted octanol–water partition coefficient (Wildman–Crippen LogP) is 2.46. The van der Waals surface area contributed by atoms with Crippen LogP contribution in [0.25, 0.3) is 0 Å². The second-order valence-corrected chi connectivity index (χ2v) is 8.78. The largest absolute Gasteiger partial charge is 0.354 e. The number of rotatable bonds is 4. The molecule has 154 valence electrons. The molecule has 0 spiro atoms. The van der Waals surface area contributed by atoms with Crippen LogP contribution in [0.2, 0.25) is 0 Å². The van der Waals surface area contributed by atoms with Crippen LogP contribution >= 0.6 is 0 Å². The van der Waals surface area contributed by atoms with E-state index in [2.05, 4.69) is 49.8 Å². The Hall–Kier alpha value is -2.05. The smallest absolute Gasteiger partial charge is 0.135 e. The first-order valence-electron chi connectivity index (χ1n) is 11.2. The van der Waals surface area contributed by atoms with E-state index in [0.29, 0.717) is 0 Å². The van der Waals surface area contributed by atoms with E-state index >= 15 is 0 Å². The summed E-state index contributed by atoms with van der Waals surface area (Å²) in [6.07, 6.45) is 8.02. The highest BCUT2D eigenvalue weighted by molar-refractivity contribution is 5.50. The number of hydrogen-bond acceptors (Lipinski definition) is 6. The second kappa shape index (κ2) is 8.36. The van der Waals surface area contributed by atoms with Crippen LogP contribution in [0, 0.1) is 6.92 Å². The minimum Gasteiger partial charge on any atom is -0.354 e. The van der Waals surface area contributed by atoms with Gasteiger partial charge in [0.05, 0.1) is 11.4 Å². The average molecular weight is 393 g/mol. The fraction of sp³-hybridized carbons (Fsp3) is 0.609. The molecule has 0 amide bonds. The van der Waals surface area contributed by atoms with E-state index < -0.39 is 0 Å². The normalized spacial score (nSPS) is 21.5. The molecule has 2 aliphatic heterocycles. The van der Waals surface area contributed by atoms with E-state index in [1.807, 2.05) is 0 Å². The lowest BCUT2D eigenvalue weighted by atomic mass is 9.91. The fourth-order valence-electron chi connectivity index (χ4n) is 4.95. The lowest BCUT2D eigenvalue weighted by Gasteiger charge is -2.43. The highest BCUT2D eigenvalue weighted by Crippen LogP contribution is 2.28. The third-order valence-corrected chi connectivity index (χ3v) is 6.89. The summed E-state index contributed by atoms with van der Waals surface area (Å²) in [6, 6.07) is 7.16. The summed E-state index contributed by atoms with van der Waals surface area (Å²) in [5.74, 6) is 1.19. The minimum absolute atomic E-state index is 0.850. The lowest BCUT2D eigenvalue weighted by molar-refractivity contribution is 0.120. The number of aryl methyl sites for hydroxylation is 1. The number of anilines is 1. The van der Waals surface area contributed by atoms with Crippen molar-refractivity contribution >= 4 is 5.82 Å². The standard InChI is InChI=1S/C23H32N6/c1-18-4-2-5-19(26-18)16-27-10-8-21-22(9-11-27)24-17-25-23(21)29-14-12-28(13-15-29)20-6-3-7-20/h2,4-5,17,20H,3,6-16H2,1H3. The van der Waals surface area contributed by atoms with Crippen molar-refractivity contribution in [2.24, 2.45) is 0 Å². The number of fused-ring (bicyclic) bond motifs is 1. The van der Waals surface area contributed by atoms with Crippen LogP contribution in [0.5, 0.6) is 0 Å². The van der Waals surface area contributed by atoms with Crippen LogP contribution in [0.1, 0.15) is 41.9 Å². The number of pyridine rings is 1. The summed E-state index contributed by atoms with van der Waals surface area (Å²) in [7, 11) is 0.